The van der Waals surface area contributed by atoms with Crippen LogP contribution in [0.5, 0.6) is 23.0 Å². The molecule has 0 aromatic heterocycles. The fourth-order valence-corrected chi connectivity index (χ4v) is 3.72. The van der Waals surface area contributed by atoms with E-state index >= 15 is 0 Å². The van der Waals surface area contributed by atoms with Crippen LogP contribution in [0.25, 0.3) is 0 Å². The van der Waals surface area contributed by atoms with Crippen LogP contribution in [-0.2, 0) is 10.0 Å². The summed E-state index contributed by atoms with van der Waals surface area (Å²) in [6.45, 7) is 1.75. The van der Waals surface area contributed by atoms with Gasteiger partial charge < -0.3 is 18.9 Å². The van der Waals surface area contributed by atoms with Gasteiger partial charge in [0.15, 0.2) is 23.0 Å². The molecule has 0 unspecified atom stereocenters. The zero-order valence-corrected chi connectivity index (χ0v) is 16.2. The summed E-state index contributed by atoms with van der Waals surface area (Å²) in [5.74, 6) is 1.90. The average Bonchev–Trinajstić information content (AvgIpc) is 2.66. The van der Waals surface area contributed by atoms with Crippen molar-refractivity contribution in [2.45, 2.75) is 17.9 Å². The lowest BCUT2D eigenvalue weighted by Crippen LogP contribution is -2.27. The quantitative estimate of drug-likeness (QED) is 0.757. The smallest absolute Gasteiger partial charge is 0.241 e. The van der Waals surface area contributed by atoms with Crippen LogP contribution in [0.1, 0.15) is 18.5 Å². The lowest BCUT2D eigenvalue weighted by Gasteiger charge is -2.17. The van der Waals surface area contributed by atoms with E-state index in [2.05, 4.69) is 4.72 Å². The van der Waals surface area contributed by atoms with E-state index in [-0.39, 0.29) is 4.90 Å². The first-order valence-electron chi connectivity index (χ1n) is 7.82. The van der Waals surface area contributed by atoms with Gasteiger partial charge in [0.2, 0.25) is 10.0 Å². The predicted molar refractivity (Wildman–Crippen MR) is 97.8 cm³/mol. The summed E-state index contributed by atoms with van der Waals surface area (Å²) in [6, 6.07) is 9.20. The summed E-state index contributed by atoms with van der Waals surface area (Å²) < 4.78 is 48.8. The maximum atomic E-state index is 12.7. The van der Waals surface area contributed by atoms with E-state index in [1.54, 1.807) is 38.3 Å². The van der Waals surface area contributed by atoms with Gasteiger partial charge in [-0.05, 0) is 36.8 Å². The van der Waals surface area contributed by atoms with Crippen LogP contribution in [-0.4, -0.2) is 36.9 Å². The first kappa shape index (κ1) is 19.9. The van der Waals surface area contributed by atoms with Crippen LogP contribution >= 0.6 is 0 Å². The van der Waals surface area contributed by atoms with Crippen LogP contribution in [0.15, 0.2) is 41.3 Å². The Morgan fingerprint density at radius 3 is 1.81 bits per heavy atom. The van der Waals surface area contributed by atoms with Crippen LogP contribution in [0.3, 0.4) is 0 Å². The third-order valence-corrected chi connectivity index (χ3v) is 5.44. The molecule has 0 aliphatic carbocycles. The standard InChI is InChI=1S/C18H23NO6S/c1-12(13-6-8-15(22-2)17(10-13)24-4)19-26(20,21)14-7-9-16(23-3)18(11-14)25-5/h6-12,19H,1-5H3/t12-/m1/s1. The highest BCUT2D eigenvalue weighted by Gasteiger charge is 2.21. The molecule has 0 fully saturated rings. The van der Waals surface area contributed by atoms with Crippen molar-refractivity contribution in [2.24, 2.45) is 0 Å². The molecule has 26 heavy (non-hydrogen) atoms. The van der Waals surface area contributed by atoms with Crippen LogP contribution in [0.2, 0.25) is 0 Å². The van der Waals surface area contributed by atoms with E-state index in [0.717, 1.165) is 5.56 Å². The second kappa shape index (κ2) is 8.29. The summed E-state index contributed by atoms with van der Waals surface area (Å²) in [5, 5.41) is 0. The van der Waals surface area contributed by atoms with Gasteiger partial charge in [-0.25, -0.2) is 13.1 Å². The highest BCUT2D eigenvalue weighted by Crippen LogP contribution is 2.32. The van der Waals surface area contributed by atoms with Crippen LogP contribution in [0.4, 0.5) is 0 Å². The molecule has 1 atom stereocenters. The fraction of sp³-hybridized carbons (Fsp3) is 0.333. The molecule has 8 heteroatoms. The van der Waals surface area contributed by atoms with E-state index in [4.69, 9.17) is 18.9 Å². The van der Waals surface area contributed by atoms with Gasteiger partial charge in [0.05, 0.1) is 33.3 Å². The van der Waals surface area contributed by atoms with Gasteiger partial charge in [-0.15, -0.1) is 0 Å². The van der Waals surface area contributed by atoms with Crippen molar-refractivity contribution in [3.8, 4) is 23.0 Å². The number of benzene rings is 2. The van der Waals surface area contributed by atoms with E-state index in [9.17, 15) is 8.42 Å². The molecule has 0 saturated heterocycles. The number of methoxy groups -OCH3 is 4. The molecule has 2 aromatic rings. The van der Waals surface area contributed by atoms with Crippen molar-refractivity contribution in [2.75, 3.05) is 28.4 Å². The Hall–Kier alpha value is -2.45. The third kappa shape index (κ3) is 4.20. The molecule has 7 nitrogen and oxygen atoms in total. The third-order valence-electron chi connectivity index (χ3n) is 3.90. The van der Waals surface area contributed by atoms with Gasteiger partial charge in [0, 0.05) is 12.1 Å². The minimum atomic E-state index is -3.76. The molecule has 0 amide bonds. The average molecular weight is 381 g/mol. The zero-order valence-electron chi connectivity index (χ0n) is 15.4. The van der Waals surface area contributed by atoms with Crippen LogP contribution < -0.4 is 23.7 Å². The summed E-state index contributed by atoms with van der Waals surface area (Å²) >= 11 is 0. The first-order chi connectivity index (χ1) is 12.4. The highest BCUT2D eigenvalue weighted by atomic mass is 32.2. The summed E-state index contributed by atoms with van der Waals surface area (Å²) in [6.07, 6.45) is 0. The van der Waals surface area contributed by atoms with E-state index in [1.165, 1.54) is 33.5 Å². The van der Waals surface area contributed by atoms with Gasteiger partial charge in [0.25, 0.3) is 0 Å². The van der Waals surface area contributed by atoms with E-state index in [1.807, 2.05) is 0 Å². The molecular weight excluding hydrogens is 358 g/mol. The largest absolute Gasteiger partial charge is 0.493 e. The molecule has 142 valence electrons. The molecule has 0 aliphatic heterocycles. The van der Waals surface area contributed by atoms with Crippen molar-refractivity contribution in [3.63, 3.8) is 0 Å². The molecule has 0 bridgehead atoms. The monoisotopic (exact) mass is 381 g/mol. The maximum Gasteiger partial charge on any atom is 0.241 e. The number of nitrogens with one attached hydrogen (secondary N) is 1. The Balaban J connectivity index is 2.29. The van der Waals surface area contributed by atoms with E-state index < -0.39 is 16.1 Å². The minimum absolute atomic E-state index is 0.0856. The number of hydrogen-bond donors (Lipinski definition) is 1. The zero-order chi connectivity index (χ0) is 19.3. The molecule has 0 radical (unpaired) electrons. The van der Waals surface area contributed by atoms with Crippen molar-refractivity contribution in [3.05, 3.63) is 42.0 Å². The van der Waals surface area contributed by atoms with Crippen molar-refractivity contribution < 1.29 is 27.4 Å². The first-order valence-corrected chi connectivity index (χ1v) is 9.31. The molecule has 0 aliphatic rings. The van der Waals surface area contributed by atoms with Crippen molar-refractivity contribution >= 4 is 10.0 Å². The number of ether oxygens (including phenoxy) is 4. The Morgan fingerprint density at radius 1 is 0.769 bits per heavy atom. The molecule has 0 spiro atoms. The SMILES string of the molecule is COc1ccc([C@@H](C)NS(=O)(=O)c2ccc(OC)c(OC)c2)cc1OC. The maximum absolute atomic E-state index is 12.7. The topological polar surface area (TPSA) is 83.1 Å². The van der Waals surface area contributed by atoms with Gasteiger partial charge >= 0.3 is 0 Å². The predicted octanol–water partition coefficient (Wildman–Crippen LogP) is 2.76. The second-order valence-corrected chi connectivity index (χ2v) is 7.19. The molecule has 2 aromatic carbocycles. The van der Waals surface area contributed by atoms with Gasteiger partial charge in [-0.1, -0.05) is 6.07 Å². The summed E-state index contributed by atoms with van der Waals surface area (Å²) in [5.41, 5.74) is 0.742. The van der Waals surface area contributed by atoms with Crippen molar-refractivity contribution in [1.29, 1.82) is 0 Å². The Kier molecular flexibility index (Phi) is 6.33. The fourth-order valence-electron chi connectivity index (χ4n) is 2.47. The Morgan fingerprint density at radius 2 is 1.27 bits per heavy atom. The van der Waals surface area contributed by atoms with Gasteiger partial charge in [-0.3, -0.25) is 0 Å². The minimum Gasteiger partial charge on any atom is -0.493 e. The molecule has 1 N–H and O–H groups in total. The molecule has 2 rings (SSSR count). The Labute approximate surface area is 153 Å². The highest BCUT2D eigenvalue weighted by molar-refractivity contribution is 7.89. The molecule has 0 saturated carbocycles. The summed E-state index contributed by atoms with van der Waals surface area (Å²) in [7, 11) is 2.25. The Bertz CT molecular complexity index is 866. The lowest BCUT2D eigenvalue weighted by atomic mass is 10.1. The number of hydrogen-bond acceptors (Lipinski definition) is 6. The van der Waals surface area contributed by atoms with Crippen LogP contribution in [0, 0.1) is 0 Å². The number of rotatable bonds is 8. The second-order valence-electron chi connectivity index (χ2n) is 5.47. The molecular formula is C18H23NO6S. The normalized spacial score (nSPS) is 12.3. The van der Waals surface area contributed by atoms with Crippen molar-refractivity contribution in [1.82, 2.24) is 4.72 Å². The summed E-state index contributed by atoms with van der Waals surface area (Å²) in [4.78, 5) is 0.0856. The van der Waals surface area contributed by atoms with Gasteiger partial charge in [0.1, 0.15) is 0 Å². The number of sulfonamides is 1. The molecule has 0 heterocycles. The van der Waals surface area contributed by atoms with Gasteiger partial charge in [-0.2, -0.15) is 0 Å². The van der Waals surface area contributed by atoms with E-state index in [0.29, 0.717) is 23.0 Å². The lowest BCUT2D eigenvalue weighted by molar-refractivity contribution is 0.353.